The van der Waals surface area contributed by atoms with Gasteiger partial charge in [-0.25, -0.2) is 0 Å². The summed E-state index contributed by atoms with van der Waals surface area (Å²) in [6, 6.07) is 0. The Hall–Kier alpha value is -0.200. The minimum absolute atomic E-state index is 0.158. The summed E-state index contributed by atoms with van der Waals surface area (Å²) < 4.78 is 4.90. The van der Waals surface area contributed by atoms with Gasteiger partial charge in [0.05, 0.1) is 6.61 Å². The molecule has 5 nitrogen and oxygen atoms in total. The van der Waals surface area contributed by atoms with E-state index in [-0.39, 0.29) is 13.0 Å². The van der Waals surface area contributed by atoms with Crippen LogP contribution in [0.5, 0.6) is 0 Å². The van der Waals surface area contributed by atoms with Crippen molar-refractivity contribution in [3.05, 3.63) is 0 Å². The number of hydrogen-bond acceptors (Lipinski definition) is 5. The van der Waals surface area contributed by atoms with Gasteiger partial charge < -0.3 is 25.2 Å². The van der Waals surface area contributed by atoms with Crippen LogP contribution < -0.4 is 0 Å². The van der Waals surface area contributed by atoms with Crippen LogP contribution in [0.25, 0.3) is 0 Å². The van der Waals surface area contributed by atoms with E-state index in [9.17, 15) is 15.3 Å². The highest BCUT2D eigenvalue weighted by molar-refractivity contribution is 4.91. The molecular weight excluding hydrogens is 176 g/mol. The lowest BCUT2D eigenvalue weighted by Gasteiger charge is -2.41. The van der Waals surface area contributed by atoms with Gasteiger partial charge >= 0.3 is 0 Å². The average molecular weight is 192 g/mol. The van der Waals surface area contributed by atoms with Crippen molar-refractivity contribution in [2.75, 3.05) is 6.61 Å². The molecule has 1 saturated heterocycles. The fraction of sp³-hybridized carbons (Fsp3) is 1.00. The Kier molecular flexibility index (Phi) is 3.26. The van der Waals surface area contributed by atoms with Gasteiger partial charge in [-0.15, -0.1) is 0 Å². The number of rotatable bonds is 2. The summed E-state index contributed by atoms with van der Waals surface area (Å²) in [6.07, 6.45) is -3.07. The molecule has 4 N–H and O–H groups in total. The summed E-state index contributed by atoms with van der Waals surface area (Å²) in [4.78, 5) is 0. The van der Waals surface area contributed by atoms with Crippen molar-refractivity contribution in [1.29, 1.82) is 0 Å². The maximum atomic E-state index is 9.68. The minimum atomic E-state index is -1.71. The van der Waals surface area contributed by atoms with E-state index in [0.717, 1.165) is 0 Å². The average Bonchev–Trinajstić information content (AvgIpc) is 2.10. The highest BCUT2D eigenvalue weighted by atomic mass is 16.6. The van der Waals surface area contributed by atoms with Crippen molar-refractivity contribution in [3.63, 3.8) is 0 Å². The summed E-state index contributed by atoms with van der Waals surface area (Å²) in [5.41, 5.74) is 0. The molecule has 0 aromatic heterocycles. The number of aliphatic hydroxyl groups excluding tert-OH is 3. The summed E-state index contributed by atoms with van der Waals surface area (Å²) in [5.74, 6) is -1.71. The molecule has 0 spiro atoms. The maximum Gasteiger partial charge on any atom is 0.194 e. The second-order valence-corrected chi connectivity index (χ2v) is 3.41. The molecule has 0 amide bonds. The number of ether oxygens (including phenoxy) is 1. The lowest BCUT2D eigenvalue weighted by atomic mass is 9.94. The van der Waals surface area contributed by atoms with Crippen LogP contribution >= 0.6 is 0 Å². The van der Waals surface area contributed by atoms with Gasteiger partial charge in [-0.3, -0.25) is 0 Å². The molecule has 0 aromatic carbocycles. The molecule has 0 saturated carbocycles. The molecule has 78 valence electrons. The molecule has 13 heavy (non-hydrogen) atoms. The van der Waals surface area contributed by atoms with E-state index in [2.05, 4.69) is 0 Å². The van der Waals surface area contributed by atoms with Gasteiger partial charge in [0.2, 0.25) is 0 Å². The molecule has 1 heterocycles. The molecule has 0 radical (unpaired) electrons. The molecule has 1 aliphatic rings. The van der Waals surface area contributed by atoms with Crippen molar-refractivity contribution >= 4 is 0 Å². The molecule has 0 aromatic rings. The Morgan fingerprint density at radius 1 is 1.38 bits per heavy atom. The zero-order valence-electron chi connectivity index (χ0n) is 7.55. The molecule has 1 aliphatic heterocycles. The standard InChI is InChI=1S/C8H16O5/c1-2-3-8(12)7(11)6(10)5(9)4-13-8/h5-7,9-12H,2-4H2,1H3/t5-,6-,7+,8-/m0/s1. The van der Waals surface area contributed by atoms with E-state index in [0.29, 0.717) is 6.42 Å². The normalized spacial score (nSPS) is 46.4. The zero-order chi connectivity index (χ0) is 10.1. The fourth-order valence-electron chi connectivity index (χ4n) is 1.47. The van der Waals surface area contributed by atoms with E-state index < -0.39 is 24.1 Å². The first kappa shape index (κ1) is 10.9. The van der Waals surface area contributed by atoms with Crippen LogP contribution in [-0.4, -0.2) is 51.1 Å². The van der Waals surface area contributed by atoms with Crippen molar-refractivity contribution < 1.29 is 25.2 Å². The molecule has 1 fully saturated rings. The van der Waals surface area contributed by atoms with Crippen LogP contribution in [0.1, 0.15) is 19.8 Å². The second-order valence-electron chi connectivity index (χ2n) is 3.41. The Bertz CT molecular complexity index is 174. The topological polar surface area (TPSA) is 90.2 Å². The van der Waals surface area contributed by atoms with E-state index in [1.165, 1.54) is 0 Å². The molecule has 0 unspecified atom stereocenters. The van der Waals surface area contributed by atoms with Crippen molar-refractivity contribution in [1.82, 2.24) is 0 Å². The Morgan fingerprint density at radius 3 is 2.54 bits per heavy atom. The lowest BCUT2D eigenvalue weighted by Crippen LogP contribution is -2.60. The summed E-state index contributed by atoms with van der Waals surface area (Å²) in [6.45, 7) is 1.67. The van der Waals surface area contributed by atoms with Crippen LogP contribution in [0.2, 0.25) is 0 Å². The smallest absolute Gasteiger partial charge is 0.194 e. The fourth-order valence-corrected chi connectivity index (χ4v) is 1.47. The van der Waals surface area contributed by atoms with E-state index >= 15 is 0 Å². The second kappa shape index (κ2) is 3.89. The SMILES string of the molecule is CCC[C@]1(O)OC[C@H](O)[C@H](O)[C@H]1O. The van der Waals surface area contributed by atoms with Gasteiger partial charge in [-0.1, -0.05) is 13.3 Å². The van der Waals surface area contributed by atoms with Gasteiger partial charge in [0.1, 0.15) is 18.3 Å². The van der Waals surface area contributed by atoms with Crippen molar-refractivity contribution in [2.45, 2.75) is 43.9 Å². The summed E-state index contributed by atoms with van der Waals surface area (Å²) in [5, 5.41) is 37.5. The quantitative estimate of drug-likeness (QED) is 0.431. The first-order valence-electron chi connectivity index (χ1n) is 4.42. The predicted molar refractivity (Wildman–Crippen MR) is 43.8 cm³/mol. The summed E-state index contributed by atoms with van der Waals surface area (Å²) >= 11 is 0. The van der Waals surface area contributed by atoms with Gasteiger partial charge in [0.15, 0.2) is 5.79 Å². The monoisotopic (exact) mass is 192 g/mol. The van der Waals surface area contributed by atoms with Crippen LogP contribution in [0.15, 0.2) is 0 Å². The van der Waals surface area contributed by atoms with Crippen molar-refractivity contribution in [3.8, 4) is 0 Å². The first-order valence-corrected chi connectivity index (χ1v) is 4.42. The van der Waals surface area contributed by atoms with Crippen LogP contribution in [0.3, 0.4) is 0 Å². The predicted octanol–water partition coefficient (Wildman–Crippen LogP) is -1.41. The Morgan fingerprint density at radius 2 is 2.00 bits per heavy atom. The Labute approximate surface area is 76.6 Å². The maximum absolute atomic E-state index is 9.68. The van der Waals surface area contributed by atoms with E-state index in [4.69, 9.17) is 9.84 Å². The zero-order valence-corrected chi connectivity index (χ0v) is 7.55. The highest BCUT2D eigenvalue weighted by Crippen LogP contribution is 2.27. The molecule has 0 aliphatic carbocycles. The van der Waals surface area contributed by atoms with Crippen LogP contribution in [-0.2, 0) is 4.74 Å². The third-order valence-corrected chi connectivity index (χ3v) is 2.29. The van der Waals surface area contributed by atoms with Crippen molar-refractivity contribution in [2.24, 2.45) is 0 Å². The van der Waals surface area contributed by atoms with E-state index in [1.54, 1.807) is 0 Å². The highest BCUT2D eigenvalue weighted by Gasteiger charge is 2.47. The van der Waals surface area contributed by atoms with Crippen LogP contribution in [0, 0.1) is 0 Å². The molecule has 1 rings (SSSR count). The van der Waals surface area contributed by atoms with Gasteiger partial charge in [-0.05, 0) is 0 Å². The first-order chi connectivity index (χ1) is 6.01. The lowest BCUT2D eigenvalue weighted by molar-refractivity contribution is -0.323. The number of aliphatic hydroxyl groups is 4. The number of hydrogen-bond donors (Lipinski definition) is 4. The van der Waals surface area contributed by atoms with Gasteiger partial charge in [0, 0.05) is 6.42 Å². The third kappa shape index (κ3) is 2.00. The molecular formula is C8H16O5. The summed E-state index contributed by atoms with van der Waals surface area (Å²) in [7, 11) is 0. The van der Waals surface area contributed by atoms with Gasteiger partial charge in [0.25, 0.3) is 0 Å². The van der Waals surface area contributed by atoms with E-state index in [1.807, 2.05) is 6.92 Å². The van der Waals surface area contributed by atoms with Gasteiger partial charge in [-0.2, -0.15) is 0 Å². The largest absolute Gasteiger partial charge is 0.388 e. The van der Waals surface area contributed by atoms with Crippen LogP contribution in [0.4, 0.5) is 0 Å². The molecule has 5 heteroatoms. The molecule has 4 atom stereocenters. The molecule has 0 bridgehead atoms. The third-order valence-electron chi connectivity index (χ3n) is 2.29. The Balaban J connectivity index is 2.67. The minimum Gasteiger partial charge on any atom is -0.388 e.